The fraction of sp³-hybridized carbons (Fsp3) is 0.286. The van der Waals surface area contributed by atoms with Gasteiger partial charge in [0, 0.05) is 0 Å². The van der Waals surface area contributed by atoms with Gasteiger partial charge >= 0.3 is 0 Å². The van der Waals surface area contributed by atoms with Crippen molar-refractivity contribution in [2.75, 3.05) is 18.5 Å². The first-order valence-electron chi connectivity index (χ1n) is 8.54. The van der Waals surface area contributed by atoms with Crippen LogP contribution < -0.4 is 15.4 Å². The Bertz CT molecular complexity index is 698. The van der Waals surface area contributed by atoms with Crippen LogP contribution in [0.15, 0.2) is 66.7 Å². The Labute approximate surface area is 149 Å². The van der Waals surface area contributed by atoms with Crippen LogP contribution >= 0.6 is 0 Å². The van der Waals surface area contributed by atoms with Crippen molar-refractivity contribution in [2.45, 2.75) is 26.3 Å². The van der Waals surface area contributed by atoms with E-state index in [9.17, 15) is 4.79 Å². The van der Waals surface area contributed by atoms with E-state index < -0.39 is 0 Å². The van der Waals surface area contributed by atoms with Crippen molar-refractivity contribution in [3.05, 3.63) is 72.3 Å². The lowest BCUT2D eigenvalue weighted by atomic mass is 10.0. The second kappa shape index (κ2) is 9.52. The molecule has 0 aliphatic carbocycles. The first kappa shape index (κ1) is 18.6. The Balaban J connectivity index is 1.92. The Kier molecular flexibility index (Phi) is 7.08. The van der Waals surface area contributed by atoms with Crippen molar-refractivity contribution >= 4 is 11.6 Å². The zero-order chi connectivity index (χ0) is 18.1. The highest BCUT2D eigenvalue weighted by molar-refractivity contribution is 5.81. The summed E-state index contributed by atoms with van der Waals surface area (Å²) in [7, 11) is 0. The lowest BCUT2D eigenvalue weighted by Gasteiger charge is -2.18. The fourth-order valence-electron chi connectivity index (χ4n) is 2.47. The number of hydrogen-bond acceptors (Lipinski definition) is 3. The van der Waals surface area contributed by atoms with Crippen LogP contribution in [0.5, 0.6) is 5.75 Å². The second-order valence-corrected chi connectivity index (χ2v) is 6.03. The maximum Gasteiger partial charge on any atom is 0.239 e. The summed E-state index contributed by atoms with van der Waals surface area (Å²) in [6, 6.07) is 17.6. The van der Waals surface area contributed by atoms with E-state index in [4.69, 9.17) is 4.74 Å². The largest absolute Gasteiger partial charge is 0.487 e. The molecule has 0 fully saturated rings. The molecule has 25 heavy (non-hydrogen) atoms. The molecule has 2 rings (SSSR count). The second-order valence-electron chi connectivity index (χ2n) is 6.03. The molecule has 2 aromatic rings. The zero-order valence-corrected chi connectivity index (χ0v) is 14.9. The Morgan fingerprint density at radius 3 is 2.48 bits per heavy atom. The van der Waals surface area contributed by atoms with E-state index >= 15 is 0 Å². The van der Waals surface area contributed by atoms with Crippen molar-refractivity contribution in [3.63, 3.8) is 0 Å². The molecule has 2 aromatic carbocycles. The highest BCUT2D eigenvalue weighted by Crippen LogP contribution is 2.24. The van der Waals surface area contributed by atoms with E-state index in [1.807, 2.05) is 61.5 Å². The van der Waals surface area contributed by atoms with Crippen molar-refractivity contribution < 1.29 is 9.53 Å². The minimum atomic E-state index is -0.0505. The molecule has 0 heterocycles. The summed E-state index contributed by atoms with van der Waals surface area (Å²) in [6.07, 6.45) is 0.841. The van der Waals surface area contributed by atoms with Gasteiger partial charge < -0.3 is 15.4 Å². The number of benzene rings is 2. The summed E-state index contributed by atoms with van der Waals surface area (Å²) < 4.78 is 5.71. The normalized spacial score (nSPS) is 11.4. The molecular formula is C21H26N2O2. The smallest absolute Gasteiger partial charge is 0.239 e. The SMILES string of the molecule is C=C(C)COc1ccccc1NCC(=O)NC(CC)c1ccccc1. The average Bonchev–Trinajstić information content (AvgIpc) is 2.64. The number of carbonyl (C=O) groups excluding carboxylic acids is 1. The molecule has 0 radical (unpaired) electrons. The summed E-state index contributed by atoms with van der Waals surface area (Å²) in [5.74, 6) is 0.666. The van der Waals surface area contributed by atoms with Crippen LogP contribution in [0.4, 0.5) is 5.69 Å². The third kappa shape index (κ3) is 5.99. The van der Waals surface area contributed by atoms with Gasteiger partial charge in [0.2, 0.25) is 5.91 Å². The van der Waals surface area contributed by atoms with E-state index in [-0.39, 0.29) is 18.5 Å². The molecule has 4 nitrogen and oxygen atoms in total. The number of carbonyl (C=O) groups is 1. The molecule has 4 heteroatoms. The van der Waals surface area contributed by atoms with Crippen molar-refractivity contribution in [1.29, 1.82) is 0 Å². The van der Waals surface area contributed by atoms with Gasteiger partial charge in [-0.3, -0.25) is 4.79 Å². The summed E-state index contributed by atoms with van der Waals surface area (Å²) in [5.41, 5.74) is 2.86. The van der Waals surface area contributed by atoms with Crippen LogP contribution in [0.3, 0.4) is 0 Å². The van der Waals surface area contributed by atoms with Crippen molar-refractivity contribution in [3.8, 4) is 5.75 Å². The van der Waals surface area contributed by atoms with Gasteiger partial charge in [0.05, 0.1) is 18.3 Å². The number of amides is 1. The van der Waals surface area contributed by atoms with E-state index in [2.05, 4.69) is 24.1 Å². The van der Waals surface area contributed by atoms with Gasteiger partial charge in [0.25, 0.3) is 0 Å². The predicted molar refractivity (Wildman–Crippen MR) is 103 cm³/mol. The number of anilines is 1. The topological polar surface area (TPSA) is 50.4 Å². The van der Waals surface area contributed by atoms with Crippen LogP contribution in [0.1, 0.15) is 31.9 Å². The number of rotatable bonds is 9. The third-order valence-corrected chi connectivity index (χ3v) is 3.75. The highest BCUT2D eigenvalue weighted by atomic mass is 16.5. The molecule has 1 atom stereocenters. The Morgan fingerprint density at radius 1 is 1.12 bits per heavy atom. The first-order valence-corrected chi connectivity index (χ1v) is 8.54. The molecule has 0 saturated heterocycles. The molecular weight excluding hydrogens is 312 g/mol. The maximum atomic E-state index is 12.3. The molecule has 132 valence electrons. The molecule has 0 aliphatic rings. The Hall–Kier alpha value is -2.75. The molecule has 0 aromatic heterocycles. The summed E-state index contributed by atoms with van der Waals surface area (Å²) in [6.45, 7) is 8.46. The zero-order valence-electron chi connectivity index (χ0n) is 14.9. The highest BCUT2D eigenvalue weighted by Gasteiger charge is 2.12. The van der Waals surface area contributed by atoms with Gasteiger partial charge in [-0.25, -0.2) is 0 Å². The van der Waals surface area contributed by atoms with E-state index in [1.54, 1.807) is 0 Å². The molecule has 0 aliphatic heterocycles. The van der Waals surface area contributed by atoms with E-state index in [1.165, 1.54) is 0 Å². The molecule has 1 amide bonds. The summed E-state index contributed by atoms with van der Waals surface area (Å²) in [5, 5.41) is 6.22. The van der Waals surface area contributed by atoms with Crippen molar-refractivity contribution in [2.24, 2.45) is 0 Å². The molecule has 2 N–H and O–H groups in total. The first-order chi connectivity index (χ1) is 12.1. The predicted octanol–water partition coefficient (Wildman–Crippen LogP) is 4.32. The minimum Gasteiger partial charge on any atom is -0.487 e. The minimum absolute atomic E-state index is 0.0189. The van der Waals surface area contributed by atoms with Crippen LogP contribution in [0.25, 0.3) is 0 Å². The molecule has 0 spiro atoms. The lowest BCUT2D eigenvalue weighted by Crippen LogP contribution is -2.33. The number of para-hydroxylation sites is 2. The van der Waals surface area contributed by atoms with Gasteiger partial charge in [-0.15, -0.1) is 0 Å². The third-order valence-electron chi connectivity index (χ3n) is 3.75. The van der Waals surface area contributed by atoms with Crippen molar-refractivity contribution in [1.82, 2.24) is 5.32 Å². The maximum absolute atomic E-state index is 12.3. The summed E-state index contributed by atoms with van der Waals surface area (Å²) >= 11 is 0. The van der Waals surface area contributed by atoms with Gasteiger partial charge in [-0.05, 0) is 36.6 Å². The number of hydrogen-bond donors (Lipinski definition) is 2. The van der Waals surface area contributed by atoms with E-state index in [0.717, 1.165) is 23.2 Å². The fourth-order valence-corrected chi connectivity index (χ4v) is 2.47. The standard InChI is InChI=1S/C21H26N2O2/c1-4-18(17-10-6-5-7-11-17)23-21(24)14-22-19-12-8-9-13-20(19)25-15-16(2)3/h5-13,18,22H,2,4,14-15H2,1,3H3,(H,23,24). The lowest BCUT2D eigenvalue weighted by molar-refractivity contribution is -0.120. The Morgan fingerprint density at radius 2 is 1.80 bits per heavy atom. The van der Waals surface area contributed by atoms with Crippen LogP contribution in [0.2, 0.25) is 0 Å². The molecule has 0 bridgehead atoms. The summed E-state index contributed by atoms with van der Waals surface area (Å²) in [4.78, 5) is 12.3. The van der Waals surface area contributed by atoms with Crippen LogP contribution in [0, 0.1) is 0 Å². The number of ether oxygens (including phenoxy) is 1. The van der Waals surface area contributed by atoms with Crippen LogP contribution in [-0.2, 0) is 4.79 Å². The van der Waals surface area contributed by atoms with Crippen LogP contribution in [-0.4, -0.2) is 19.1 Å². The molecule has 1 unspecified atom stereocenters. The number of nitrogens with one attached hydrogen (secondary N) is 2. The monoisotopic (exact) mass is 338 g/mol. The van der Waals surface area contributed by atoms with E-state index in [0.29, 0.717) is 12.4 Å². The molecule has 0 saturated carbocycles. The average molecular weight is 338 g/mol. The van der Waals surface area contributed by atoms with Gasteiger partial charge in [-0.1, -0.05) is 56.0 Å². The van der Waals surface area contributed by atoms with Gasteiger partial charge in [0.1, 0.15) is 12.4 Å². The van der Waals surface area contributed by atoms with Gasteiger partial charge in [0.15, 0.2) is 0 Å². The quantitative estimate of drug-likeness (QED) is 0.670. The van der Waals surface area contributed by atoms with Gasteiger partial charge in [-0.2, -0.15) is 0 Å².